The second-order valence-electron chi connectivity index (χ2n) is 16.1. The molecule has 0 fully saturated rings. The van der Waals surface area contributed by atoms with Gasteiger partial charge in [0.25, 0.3) is 0 Å². The first-order chi connectivity index (χ1) is 27.0. The Morgan fingerprint density at radius 3 is 1.11 bits per heavy atom. The van der Waals surface area contributed by atoms with Crippen LogP contribution in [0.2, 0.25) is 0 Å². The third kappa shape index (κ3) is 12.4. The molecule has 5 aromatic rings. The molecule has 8 rings (SSSR count). The Labute approximate surface area is 336 Å². The smallest absolute Gasteiger partial charge is 0.119 e. The van der Waals surface area contributed by atoms with E-state index in [0.29, 0.717) is 63.2 Å². The Balaban J connectivity index is 1.12. The van der Waals surface area contributed by atoms with Gasteiger partial charge in [-0.2, -0.15) is 0 Å². The summed E-state index contributed by atoms with van der Waals surface area (Å²) in [6.07, 6.45) is 4.80. The van der Waals surface area contributed by atoms with Gasteiger partial charge in [0.05, 0.1) is 75.3 Å². The van der Waals surface area contributed by atoms with Crippen molar-refractivity contribution in [2.24, 2.45) is 0 Å². The van der Waals surface area contributed by atoms with Crippen molar-refractivity contribution in [3.05, 3.63) is 84.9 Å². The van der Waals surface area contributed by atoms with E-state index in [0.717, 1.165) is 81.4 Å². The lowest BCUT2D eigenvalue weighted by atomic mass is 10.1. The minimum Gasteiger partial charge on any atom is -0.491 e. The molecule has 8 nitrogen and oxygen atoms in total. The number of hydrogen-bond acceptors (Lipinski definition) is 8. The van der Waals surface area contributed by atoms with Gasteiger partial charge in [0.15, 0.2) is 0 Å². The second-order valence-corrected chi connectivity index (χ2v) is 22.7. The standard InChI is InChI=1S/C46H60N2O6P2/c1-45(2,3)55-31-29-51-23-21-49-25-27-53-39-15-9-35(10-16-39)41-19-13-37-7-8-38-14-20-42(48-44(38)43(37)47-41)36-11-17-40(18-12-36)54-28-26-50-22-24-52-30-32-56(34-33-55)46(4,5)6/h7-20H,21-34H2,1-6H3. The molecular formula is C46H60N2O6P2. The highest BCUT2D eigenvalue weighted by Gasteiger charge is 2.28. The van der Waals surface area contributed by atoms with Gasteiger partial charge in [-0.15, -0.1) is 0 Å². The van der Waals surface area contributed by atoms with Gasteiger partial charge in [0, 0.05) is 21.9 Å². The molecule has 2 aromatic heterocycles. The summed E-state index contributed by atoms with van der Waals surface area (Å²) in [4.78, 5) is 10.2. The summed E-state index contributed by atoms with van der Waals surface area (Å²) in [5.74, 6) is 1.61. The fourth-order valence-electron chi connectivity index (χ4n) is 6.77. The first-order valence-corrected chi connectivity index (χ1v) is 23.5. The highest BCUT2D eigenvalue weighted by atomic mass is 31.1. The molecule has 3 aliphatic rings. The molecule has 3 aromatic carbocycles. The zero-order chi connectivity index (χ0) is 39.4. The zero-order valence-electron chi connectivity index (χ0n) is 34.2. The second kappa shape index (κ2) is 20.5. The van der Waals surface area contributed by atoms with Crippen LogP contribution in [-0.4, -0.2) is 111 Å². The molecule has 0 saturated heterocycles. The predicted octanol–water partition coefficient (Wildman–Crippen LogP) is 10.5. The Morgan fingerprint density at radius 2 is 0.732 bits per heavy atom. The van der Waals surface area contributed by atoms with Gasteiger partial charge in [-0.25, -0.2) is 9.97 Å². The van der Waals surface area contributed by atoms with Gasteiger partial charge in [-0.3, -0.25) is 0 Å². The van der Waals surface area contributed by atoms with Gasteiger partial charge in [0.1, 0.15) is 24.7 Å². The number of nitrogens with zero attached hydrogens (tertiary/aromatic N) is 2. The number of ether oxygens (including phenoxy) is 6. The quantitative estimate of drug-likeness (QED) is 0.113. The third-order valence-electron chi connectivity index (χ3n) is 10.1. The van der Waals surface area contributed by atoms with Crippen LogP contribution in [0.1, 0.15) is 41.5 Å². The minimum atomic E-state index is -0.165. The van der Waals surface area contributed by atoms with Crippen molar-refractivity contribution in [3.63, 3.8) is 0 Å². The maximum atomic E-state index is 6.06. The molecule has 0 aliphatic carbocycles. The molecule has 2 unspecified atom stereocenters. The average molecular weight is 799 g/mol. The van der Waals surface area contributed by atoms with Crippen LogP contribution in [0.25, 0.3) is 44.3 Å². The van der Waals surface area contributed by atoms with E-state index < -0.39 is 0 Å². The lowest BCUT2D eigenvalue weighted by molar-refractivity contribution is 0.0410. The fourth-order valence-corrected chi connectivity index (χ4v) is 12.5. The molecule has 300 valence electrons. The van der Waals surface area contributed by atoms with Gasteiger partial charge in [-0.1, -0.05) is 81.7 Å². The van der Waals surface area contributed by atoms with Gasteiger partial charge in [0.2, 0.25) is 0 Å². The monoisotopic (exact) mass is 798 g/mol. The SMILES string of the molecule is CC(C)(C)P1CCOCCOCCOc2ccc(cc2)-c2ccc3ccc4ccc(nc4c3n2)-c2ccc(cc2)OCCOCCOCCP(C(C)(C)C)CC1. The van der Waals surface area contributed by atoms with Crippen LogP contribution in [-0.2, 0) is 18.9 Å². The number of aromatic nitrogens is 2. The summed E-state index contributed by atoms with van der Waals surface area (Å²) in [6, 6.07) is 28.7. The molecule has 5 heterocycles. The molecule has 10 heteroatoms. The Bertz CT molecular complexity index is 1820. The maximum absolute atomic E-state index is 6.06. The molecule has 0 radical (unpaired) electrons. The molecule has 0 N–H and O–H groups in total. The van der Waals surface area contributed by atoms with Crippen LogP contribution >= 0.6 is 15.8 Å². The summed E-state index contributed by atoms with van der Waals surface area (Å²) < 4.78 is 35.8. The molecule has 8 bridgehead atoms. The largest absolute Gasteiger partial charge is 0.491 e. The summed E-state index contributed by atoms with van der Waals surface area (Å²) >= 11 is 0. The van der Waals surface area contributed by atoms with E-state index in [9.17, 15) is 0 Å². The minimum absolute atomic E-state index is 0.165. The van der Waals surface area contributed by atoms with E-state index in [1.54, 1.807) is 0 Å². The number of fused-ring (bicyclic) bond motifs is 2. The van der Waals surface area contributed by atoms with Crippen molar-refractivity contribution in [2.75, 3.05) is 90.7 Å². The van der Waals surface area contributed by atoms with Crippen molar-refractivity contribution in [2.45, 2.75) is 51.9 Å². The lowest BCUT2D eigenvalue weighted by Crippen LogP contribution is -2.23. The molecule has 0 saturated carbocycles. The fraction of sp³-hybridized carbons (Fsp3) is 0.478. The van der Waals surface area contributed by atoms with Gasteiger partial charge < -0.3 is 28.4 Å². The van der Waals surface area contributed by atoms with Crippen LogP contribution < -0.4 is 9.47 Å². The third-order valence-corrected chi connectivity index (χ3v) is 17.2. The number of pyridine rings is 2. The first-order valence-electron chi connectivity index (χ1n) is 20.0. The van der Waals surface area contributed by atoms with E-state index in [-0.39, 0.29) is 15.8 Å². The lowest BCUT2D eigenvalue weighted by Gasteiger charge is -2.36. The maximum Gasteiger partial charge on any atom is 0.119 e. The van der Waals surface area contributed by atoms with Crippen molar-refractivity contribution < 1.29 is 28.4 Å². The summed E-state index contributed by atoms with van der Waals surface area (Å²) in [6.45, 7) is 20.2. The van der Waals surface area contributed by atoms with Crippen LogP contribution in [0.3, 0.4) is 0 Å². The zero-order valence-corrected chi connectivity index (χ0v) is 36.0. The molecule has 0 spiro atoms. The molecule has 3 aliphatic heterocycles. The highest BCUT2D eigenvalue weighted by molar-refractivity contribution is 7.63. The van der Waals surface area contributed by atoms with Crippen molar-refractivity contribution in [1.29, 1.82) is 0 Å². The molecular weight excluding hydrogens is 738 g/mol. The normalized spacial score (nSPS) is 19.7. The molecule has 56 heavy (non-hydrogen) atoms. The van der Waals surface area contributed by atoms with Crippen LogP contribution in [0.15, 0.2) is 84.9 Å². The van der Waals surface area contributed by atoms with Crippen molar-refractivity contribution in [3.8, 4) is 34.0 Å². The number of rotatable bonds is 0. The van der Waals surface area contributed by atoms with E-state index in [4.69, 9.17) is 38.4 Å². The Hall–Kier alpha value is -3.22. The predicted molar refractivity (Wildman–Crippen MR) is 235 cm³/mol. The Kier molecular flexibility index (Phi) is 15.5. The Morgan fingerprint density at radius 1 is 0.393 bits per heavy atom. The van der Waals surface area contributed by atoms with E-state index >= 15 is 0 Å². The first kappa shape index (κ1) is 42.4. The van der Waals surface area contributed by atoms with E-state index in [1.807, 2.05) is 24.3 Å². The summed E-state index contributed by atoms with van der Waals surface area (Å²) in [5, 5.41) is 2.68. The van der Waals surface area contributed by atoms with Crippen LogP contribution in [0.4, 0.5) is 0 Å². The topological polar surface area (TPSA) is 81.2 Å². The number of hydrogen-bond donors (Lipinski definition) is 0. The van der Waals surface area contributed by atoms with Crippen molar-refractivity contribution >= 4 is 37.6 Å². The van der Waals surface area contributed by atoms with Gasteiger partial charge in [-0.05, 0) is 95.6 Å². The van der Waals surface area contributed by atoms with E-state index in [1.165, 1.54) is 12.3 Å². The van der Waals surface area contributed by atoms with Crippen LogP contribution in [0.5, 0.6) is 11.5 Å². The molecule has 0 amide bonds. The van der Waals surface area contributed by atoms with Crippen LogP contribution in [0, 0.1) is 0 Å². The van der Waals surface area contributed by atoms with Crippen molar-refractivity contribution in [1.82, 2.24) is 9.97 Å². The average Bonchev–Trinajstić information content (AvgIpc) is 3.18. The van der Waals surface area contributed by atoms with Gasteiger partial charge >= 0.3 is 0 Å². The summed E-state index contributed by atoms with van der Waals surface area (Å²) in [7, 11) is -0.331. The molecule has 2 atom stereocenters. The van der Waals surface area contributed by atoms with E-state index in [2.05, 4.69) is 102 Å². The highest BCUT2D eigenvalue weighted by Crippen LogP contribution is 2.55. The summed E-state index contributed by atoms with van der Waals surface area (Å²) in [5.41, 5.74) is 5.56. The number of benzene rings is 3.